The number of aromatic amines is 1. The summed E-state index contributed by atoms with van der Waals surface area (Å²) in [4.78, 5) is 25.3. The molecular formula is C14H14Br2N2O3. The van der Waals surface area contributed by atoms with Crippen molar-refractivity contribution in [3.05, 3.63) is 26.8 Å². The second-order valence-corrected chi connectivity index (χ2v) is 6.13. The van der Waals surface area contributed by atoms with Gasteiger partial charge in [0.1, 0.15) is 5.75 Å². The van der Waals surface area contributed by atoms with Gasteiger partial charge in [-0.15, -0.1) is 0 Å². The van der Waals surface area contributed by atoms with E-state index in [2.05, 4.69) is 42.2 Å². The van der Waals surface area contributed by atoms with Crippen LogP contribution >= 0.6 is 31.9 Å². The molecule has 5 nitrogen and oxygen atoms in total. The molecule has 0 radical (unpaired) electrons. The summed E-state index contributed by atoms with van der Waals surface area (Å²) in [6.07, 6.45) is 0.655. The van der Waals surface area contributed by atoms with Gasteiger partial charge in [0.15, 0.2) is 0 Å². The molecule has 1 heterocycles. The lowest BCUT2D eigenvalue weighted by Gasteiger charge is -2.07. The topological polar surface area (TPSA) is 71.2 Å². The van der Waals surface area contributed by atoms with Crippen molar-refractivity contribution in [2.45, 2.75) is 20.3 Å². The van der Waals surface area contributed by atoms with E-state index in [1.165, 1.54) is 13.8 Å². The number of hydrogen-bond donors (Lipinski definition) is 2. The molecule has 2 N–H and O–H groups in total. The number of rotatable bonds is 4. The van der Waals surface area contributed by atoms with Crippen molar-refractivity contribution in [3.8, 4) is 5.75 Å². The van der Waals surface area contributed by atoms with Gasteiger partial charge in [0.25, 0.3) is 0 Å². The first-order valence-corrected chi connectivity index (χ1v) is 7.90. The molecule has 0 atom stereocenters. The van der Waals surface area contributed by atoms with Crippen molar-refractivity contribution in [2.24, 2.45) is 0 Å². The molecule has 7 heteroatoms. The number of H-pyrrole nitrogens is 1. The van der Waals surface area contributed by atoms with E-state index >= 15 is 0 Å². The minimum atomic E-state index is -0.371. The maximum atomic E-state index is 11.1. The summed E-state index contributed by atoms with van der Waals surface area (Å²) >= 11 is 6.98. The maximum Gasteiger partial charge on any atom is 0.308 e. The molecule has 0 aliphatic heterocycles. The third kappa shape index (κ3) is 3.65. The fraction of sp³-hybridized carbons (Fsp3) is 0.286. The molecule has 1 aromatic carbocycles. The highest BCUT2D eigenvalue weighted by Crippen LogP contribution is 2.38. The van der Waals surface area contributed by atoms with Gasteiger partial charge in [-0.25, -0.2) is 0 Å². The molecule has 0 saturated carbocycles. The number of aromatic nitrogens is 1. The van der Waals surface area contributed by atoms with Crippen molar-refractivity contribution in [1.29, 1.82) is 0 Å². The summed E-state index contributed by atoms with van der Waals surface area (Å²) in [5, 5.41) is 3.70. The first kappa shape index (κ1) is 16.0. The number of carbonyl (C=O) groups excluding carboxylic acids is 2. The zero-order valence-corrected chi connectivity index (χ0v) is 14.7. The number of hydrogen-bond acceptors (Lipinski definition) is 3. The van der Waals surface area contributed by atoms with E-state index in [1.807, 2.05) is 6.07 Å². The number of halogens is 2. The number of fused-ring (bicyclic) bond motifs is 1. The predicted octanol–water partition coefficient (Wildman–Crippen LogP) is 3.30. The molecule has 0 spiro atoms. The van der Waals surface area contributed by atoms with E-state index in [4.69, 9.17) is 4.74 Å². The Morgan fingerprint density at radius 1 is 1.29 bits per heavy atom. The SMILES string of the molecule is CC(=O)NCCc1c(Br)[nH]c2ccc(OC(C)=O)c(Br)c12. The standard InChI is InChI=1S/C14H14Br2N2O3/c1-7(19)17-6-5-9-12-10(18-14(9)16)3-4-11(13(12)15)21-8(2)20/h3-4,18H,5-6H2,1-2H3,(H,17,19). The summed E-state index contributed by atoms with van der Waals surface area (Å²) in [7, 11) is 0. The Balaban J connectivity index is 2.41. The predicted molar refractivity (Wildman–Crippen MR) is 87.4 cm³/mol. The number of amides is 1. The van der Waals surface area contributed by atoms with Gasteiger partial charge in [0.2, 0.25) is 5.91 Å². The number of esters is 1. The number of carbonyl (C=O) groups is 2. The first-order valence-electron chi connectivity index (χ1n) is 6.31. The minimum Gasteiger partial charge on any atom is -0.425 e. The molecule has 0 aliphatic carbocycles. The molecule has 0 saturated heterocycles. The Bertz CT molecular complexity index is 710. The summed E-state index contributed by atoms with van der Waals surface area (Å²) in [5.41, 5.74) is 1.93. The van der Waals surface area contributed by atoms with Gasteiger partial charge >= 0.3 is 5.97 Å². The Hall–Kier alpha value is -1.34. The number of benzene rings is 1. The van der Waals surface area contributed by atoms with Crippen LogP contribution in [0.2, 0.25) is 0 Å². The van der Waals surface area contributed by atoms with Crippen molar-refractivity contribution in [3.63, 3.8) is 0 Å². The van der Waals surface area contributed by atoms with E-state index < -0.39 is 0 Å². The van der Waals surface area contributed by atoms with E-state index in [0.717, 1.165) is 25.5 Å². The zero-order chi connectivity index (χ0) is 15.6. The summed E-state index contributed by atoms with van der Waals surface area (Å²) in [5.74, 6) is 0.0392. The van der Waals surface area contributed by atoms with Gasteiger partial charge in [-0.3, -0.25) is 9.59 Å². The largest absolute Gasteiger partial charge is 0.425 e. The highest BCUT2D eigenvalue weighted by molar-refractivity contribution is 9.11. The third-order valence-corrected chi connectivity index (χ3v) is 4.38. The monoisotopic (exact) mass is 416 g/mol. The summed E-state index contributed by atoms with van der Waals surface area (Å²) < 4.78 is 6.74. The Morgan fingerprint density at radius 2 is 2.00 bits per heavy atom. The average molecular weight is 418 g/mol. The molecule has 2 aromatic rings. The zero-order valence-electron chi connectivity index (χ0n) is 11.5. The minimum absolute atomic E-state index is 0.0642. The van der Waals surface area contributed by atoms with Crippen molar-refractivity contribution >= 4 is 54.6 Å². The van der Waals surface area contributed by atoms with E-state index in [9.17, 15) is 9.59 Å². The highest BCUT2D eigenvalue weighted by Gasteiger charge is 2.16. The third-order valence-electron chi connectivity index (χ3n) is 2.92. The lowest BCUT2D eigenvalue weighted by atomic mass is 10.1. The lowest BCUT2D eigenvalue weighted by molar-refractivity contribution is -0.132. The van der Waals surface area contributed by atoms with Crippen LogP contribution in [-0.2, 0) is 16.0 Å². The molecule has 0 unspecified atom stereocenters. The van der Waals surface area contributed by atoms with Crippen LogP contribution in [-0.4, -0.2) is 23.4 Å². The summed E-state index contributed by atoms with van der Waals surface area (Å²) in [6.45, 7) is 3.38. The maximum absolute atomic E-state index is 11.1. The van der Waals surface area contributed by atoms with Crippen molar-refractivity contribution < 1.29 is 14.3 Å². The molecule has 0 bridgehead atoms. The normalized spacial score (nSPS) is 10.7. The van der Waals surface area contributed by atoms with Crippen LogP contribution < -0.4 is 10.1 Å². The smallest absolute Gasteiger partial charge is 0.308 e. The van der Waals surface area contributed by atoms with E-state index in [-0.39, 0.29) is 11.9 Å². The molecule has 1 aromatic heterocycles. The van der Waals surface area contributed by atoms with E-state index in [0.29, 0.717) is 18.7 Å². The first-order chi connectivity index (χ1) is 9.90. The van der Waals surface area contributed by atoms with Gasteiger partial charge in [-0.1, -0.05) is 0 Å². The Labute approximate surface area is 138 Å². The van der Waals surface area contributed by atoms with Crippen LogP contribution in [0.5, 0.6) is 5.75 Å². The molecule has 112 valence electrons. The number of nitrogens with one attached hydrogen (secondary N) is 2. The fourth-order valence-electron chi connectivity index (χ4n) is 2.09. The van der Waals surface area contributed by atoms with Gasteiger partial charge in [-0.2, -0.15) is 0 Å². The van der Waals surface area contributed by atoms with Crippen LogP contribution in [0.15, 0.2) is 21.2 Å². The van der Waals surface area contributed by atoms with Crippen molar-refractivity contribution in [1.82, 2.24) is 10.3 Å². The quantitative estimate of drug-likeness (QED) is 0.592. The summed E-state index contributed by atoms with van der Waals surface area (Å²) in [6, 6.07) is 3.58. The lowest BCUT2D eigenvalue weighted by Crippen LogP contribution is -2.22. The highest BCUT2D eigenvalue weighted by atomic mass is 79.9. The van der Waals surface area contributed by atoms with Crippen LogP contribution in [0.25, 0.3) is 10.9 Å². The van der Waals surface area contributed by atoms with E-state index in [1.54, 1.807) is 6.07 Å². The molecular weight excluding hydrogens is 404 g/mol. The molecule has 0 fully saturated rings. The van der Waals surface area contributed by atoms with Gasteiger partial charge in [-0.05, 0) is 56.0 Å². The fourth-order valence-corrected chi connectivity index (χ4v) is 3.37. The Kier molecular flexibility index (Phi) is 5.05. The van der Waals surface area contributed by atoms with Gasteiger partial charge in [0, 0.05) is 31.3 Å². The van der Waals surface area contributed by atoms with Crippen LogP contribution in [0.4, 0.5) is 0 Å². The van der Waals surface area contributed by atoms with Crippen LogP contribution in [0, 0.1) is 0 Å². The molecule has 21 heavy (non-hydrogen) atoms. The molecule has 0 aliphatic rings. The van der Waals surface area contributed by atoms with Crippen LogP contribution in [0.3, 0.4) is 0 Å². The van der Waals surface area contributed by atoms with Gasteiger partial charge < -0.3 is 15.0 Å². The average Bonchev–Trinajstić information content (AvgIpc) is 2.69. The second-order valence-electron chi connectivity index (χ2n) is 4.54. The second kappa shape index (κ2) is 6.62. The number of ether oxygens (including phenoxy) is 1. The van der Waals surface area contributed by atoms with Crippen LogP contribution in [0.1, 0.15) is 19.4 Å². The van der Waals surface area contributed by atoms with Gasteiger partial charge in [0.05, 0.1) is 9.08 Å². The Morgan fingerprint density at radius 3 is 2.62 bits per heavy atom. The molecule has 1 amide bonds. The molecule has 2 rings (SSSR count). The van der Waals surface area contributed by atoms with Crippen molar-refractivity contribution in [2.75, 3.05) is 6.54 Å².